The molecule has 0 aromatic carbocycles. The third-order valence-corrected chi connectivity index (χ3v) is 1.94. The summed E-state index contributed by atoms with van der Waals surface area (Å²) in [6.45, 7) is 0. The van der Waals surface area contributed by atoms with Gasteiger partial charge in [0.25, 0.3) is 5.56 Å². The molecule has 0 N–H and O–H groups in total. The Bertz CT molecular complexity index is 397. The first kappa shape index (κ1) is 9.80. The Morgan fingerprint density at radius 3 is 2.69 bits per heavy atom. The van der Waals surface area contributed by atoms with Crippen LogP contribution in [-0.4, -0.2) is 17.6 Å². The van der Waals surface area contributed by atoms with Gasteiger partial charge in [-0.25, -0.2) is 4.79 Å². The van der Waals surface area contributed by atoms with Crippen molar-refractivity contribution < 1.29 is 9.53 Å². The number of carbonyl (C=O) groups excluding carboxylic acids is 1. The number of carbonyl (C=O) groups is 1. The van der Waals surface area contributed by atoms with Crippen LogP contribution in [0.4, 0.5) is 0 Å². The van der Waals surface area contributed by atoms with E-state index in [9.17, 15) is 9.59 Å². The zero-order chi connectivity index (χ0) is 10.0. The number of hydrogen-bond acceptors (Lipinski definition) is 3. The lowest BCUT2D eigenvalue weighted by Crippen LogP contribution is -2.23. The molecule has 0 bridgehead atoms. The highest BCUT2D eigenvalue weighted by molar-refractivity contribution is 6.30. The van der Waals surface area contributed by atoms with Gasteiger partial charge in [-0.3, -0.25) is 4.79 Å². The van der Waals surface area contributed by atoms with Crippen molar-refractivity contribution in [3.8, 4) is 0 Å². The van der Waals surface area contributed by atoms with Gasteiger partial charge in [-0.1, -0.05) is 11.6 Å². The first-order valence-electron chi connectivity index (χ1n) is 3.51. The quantitative estimate of drug-likeness (QED) is 0.633. The van der Waals surface area contributed by atoms with E-state index in [0.29, 0.717) is 0 Å². The molecule has 0 unspecified atom stereocenters. The normalized spacial score (nSPS) is 9.77. The molecule has 0 spiro atoms. The van der Waals surface area contributed by atoms with E-state index in [-0.39, 0.29) is 10.7 Å². The SMILES string of the molecule is COC(=O)c1ccc(Cl)c(=O)n1C. The summed E-state index contributed by atoms with van der Waals surface area (Å²) >= 11 is 5.55. The van der Waals surface area contributed by atoms with Crippen LogP contribution in [0.5, 0.6) is 0 Å². The summed E-state index contributed by atoms with van der Waals surface area (Å²) in [7, 11) is 2.71. The molecular formula is C8H8ClNO3. The maximum atomic E-state index is 11.2. The Balaban J connectivity index is 3.35. The Labute approximate surface area is 79.7 Å². The van der Waals surface area contributed by atoms with Gasteiger partial charge in [0.05, 0.1) is 7.11 Å². The number of aromatic nitrogens is 1. The summed E-state index contributed by atoms with van der Waals surface area (Å²) in [5.41, 5.74) is -0.235. The first-order chi connectivity index (χ1) is 6.07. The highest BCUT2D eigenvalue weighted by Gasteiger charge is 2.11. The lowest BCUT2D eigenvalue weighted by atomic mass is 10.3. The van der Waals surface area contributed by atoms with Crippen molar-refractivity contribution in [1.29, 1.82) is 0 Å². The van der Waals surface area contributed by atoms with Crippen molar-refractivity contribution in [3.63, 3.8) is 0 Å². The molecule has 0 saturated carbocycles. The van der Waals surface area contributed by atoms with Gasteiger partial charge < -0.3 is 9.30 Å². The number of hydrogen-bond donors (Lipinski definition) is 0. The van der Waals surface area contributed by atoms with E-state index in [1.165, 1.54) is 26.3 Å². The minimum Gasteiger partial charge on any atom is -0.464 e. The van der Waals surface area contributed by atoms with E-state index in [1.54, 1.807) is 0 Å². The maximum absolute atomic E-state index is 11.2. The van der Waals surface area contributed by atoms with Gasteiger partial charge in [-0.05, 0) is 12.1 Å². The van der Waals surface area contributed by atoms with Crippen LogP contribution in [0.1, 0.15) is 10.5 Å². The highest BCUT2D eigenvalue weighted by atomic mass is 35.5. The van der Waals surface area contributed by atoms with E-state index in [1.807, 2.05) is 0 Å². The van der Waals surface area contributed by atoms with E-state index < -0.39 is 11.5 Å². The largest absolute Gasteiger partial charge is 0.464 e. The molecule has 13 heavy (non-hydrogen) atoms. The van der Waals surface area contributed by atoms with Gasteiger partial charge in [0, 0.05) is 7.05 Å². The number of methoxy groups -OCH3 is 1. The van der Waals surface area contributed by atoms with Crippen LogP contribution < -0.4 is 5.56 Å². The molecule has 5 heteroatoms. The van der Waals surface area contributed by atoms with Crippen LogP contribution in [0.25, 0.3) is 0 Å². The third kappa shape index (κ3) is 1.72. The van der Waals surface area contributed by atoms with Crippen LogP contribution in [0.3, 0.4) is 0 Å². The van der Waals surface area contributed by atoms with Crippen LogP contribution >= 0.6 is 11.6 Å². The molecule has 0 aliphatic rings. The van der Waals surface area contributed by atoms with Gasteiger partial charge in [-0.2, -0.15) is 0 Å². The lowest BCUT2D eigenvalue weighted by Gasteiger charge is -2.05. The predicted octanol–water partition coefficient (Wildman–Crippen LogP) is 0.825. The monoisotopic (exact) mass is 201 g/mol. The first-order valence-corrected chi connectivity index (χ1v) is 3.89. The molecular weight excluding hydrogens is 194 g/mol. The van der Waals surface area contributed by atoms with Crippen molar-refractivity contribution in [1.82, 2.24) is 4.57 Å². The third-order valence-electron chi connectivity index (χ3n) is 1.65. The standard InChI is InChI=1S/C8H8ClNO3/c1-10-6(8(12)13-2)4-3-5(9)7(10)11/h3-4H,1-2H3. The topological polar surface area (TPSA) is 48.3 Å². The zero-order valence-corrected chi connectivity index (χ0v) is 7.96. The fraction of sp³-hybridized carbons (Fsp3) is 0.250. The van der Waals surface area contributed by atoms with Gasteiger partial charge >= 0.3 is 5.97 Å². The average Bonchev–Trinajstić information content (AvgIpc) is 2.13. The second-order valence-electron chi connectivity index (χ2n) is 2.42. The molecule has 0 atom stereocenters. The van der Waals surface area contributed by atoms with Gasteiger partial charge in [0.2, 0.25) is 0 Å². The molecule has 1 heterocycles. The zero-order valence-electron chi connectivity index (χ0n) is 7.20. The summed E-state index contributed by atoms with van der Waals surface area (Å²) in [5.74, 6) is -0.559. The van der Waals surface area contributed by atoms with E-state index in [2.05, 4.69) is 4.74 Å². The van der Waals surface area contributed by atoms with Crippen LogP contribution in [-0.2, 0) is 11.8 Å². The van der Waals surface area contributed by atoms with Crippen molar-refractivity contribution in [2.45, 2.75) is 0 Å². The summed E-state index contributed by atoms with van der Waals surface area (Å²) < 4.78 is 5.62. The molecule has 1 aromatic heterocycles. The molecule has 1 aromatic rings. The molecule has 0 aliphatic heterocycles. The fourth-order valence-corrected chi connectivity index (χ4v) is 1.10. The minimum atomic E-state index is -0.559. The Morgan fingerprint density at radius 1 is 1.54 bits per heavy atom. The fourth-order valence-electron chi connectivity index (χ4n) is 0.914. The highest BCUT2D eigenvalue weighted by Crippen LogP contribution is 2.04. The van der Waals surface area contributed by atoms with E-state index in [0.717, 1.165) is 4.57 Å². The molecule has 0 saturated heterocycles. The Morgan fingerprint density at radius 2 is 2.15 bits per heavy atom. The van der Waals surface area contributed by atoms with Crippen molar-refractivity contribution in [2.75, 3.05) is 7.11 Å². The number of ether oxygens (including phenoxy) is 1. The predicted molar refractivity (Wildman–Crippen MR) is 48.0 cm³/mol. The second kappa shape index (κ2) is 3.62. The van der Waals surface area contributed by atoms with Gasteiger partial charge in [0.15, 0.2) is 0 Å². The van der Waals surface area contributed by atoms with E-state index in [4.69, 9.17) is 11.6 Å². The van der Waals surface area contributed by atoms with Gasteiger partial charge in [-0.15, -0.1) is 0 Å². The summed E-state index contributed by atoms with van der Waals surface area (Å²) in [6, 6.07) is 2.81. The number of rotatable bonds is 1. The minimum absolute atomic E-state index is 0.0788. The van der Waals surface area contributed by atoms with Gasteiger partial charge in [0.1, 0.15) is 10.7 Å². The number of esters is 1. The molecule has 4 nitrogen and oxygen atoms in total. The Hall–Kier alpha value is -1.29. The molecule has 70 valence electrons. The maximum Gasteiger partial charge on any atom is 0.354 e. The average molecular weight is 202 g/mol. The summed E-state index contributed by atoms with van der Waals surface area (Å²) in [5, 5.41) is 0.0788. The number of nitrogens with zero attached hydrogens (tertiary/aromatic N) is 1. The van der Waals surface area contributed by atoms with Crippen LogP contribution in [0.15, 0.2) is 16.9 Å². The van der Waals surface area contributed by atoms with Crippen molar-refractivity contribution >= 4 is 17.6 Å². The smallest absolute Gasteiger partial charge is 0.354 e. The number of pyridine rings is 1. The summed E-state index contributed by atoms with van der Waals surface area (Å²) in [6.07, 6.45) is 0. The molecule has 0 aliphatic carbocycles. The van der Waals surface area contributed by atoms with Crippen molar-refractivity contribution in [2.24, 2.45) is 7.05 Å². The lowest BCUT2D eigenvalue weighted by molar-refractivity contribution is 0.0588. The van der Waals surface area contributed by atoms with Crippen LogP contribution in [0.2, 0.25) is 5.02 Å². The van der Waals surface area contributed by atoms with E-state index >= 15 is 0 Å². The Kier molecular flexibility index (Phi) is 2.72. The molecule has 1 rings (SSSR count). The number of halogens is 1. The van der Waals surface area contributed by atoms with Crippen molar-refractivity contribution in [3.05, 3.63) is 33.2 Å². The molecule has 0 radical (unpaired) electrons. The molecule has 0 fully saturated rings. The molecule has 0 amide bonds. The summed E-state index contributed by atoms with van der Waals surface area (Å²) in [4.78, 5) is 22.3. The second-order valence-corrected chi connectivity index (χ2v) is 2.83. The van der Waals surface area contributed by atoms with Crippen LogP contribution in [0, 0.1) is 0 Å².